The number of aryl methyl sites for hydroxylation is 1. The summed E-state index contributed by atoms with van der Waals surface area (Å²) in [6, 6.07) is 13.8. The van der Waals surface area contributed by atoms with Crippen molar-refractivity contribution >= 4 is 40.3 Å². The highest BCUT2D eigenvalue weighted by molar-refractivity contribution is 8.26. The zero-order valence-corrected chi connectivity index (χ0v) is 17.2. The summed E-state index contributed by atoms with van der Waals surface area (Å²) in [4.78, 5) is 15.1. The molecule has 2 aromatic carbocycles. The van der Waals surface area contributed by atoms with E-state index >= 15 is 0 Å². The smallest absolute Gasteiger partial charge is 0.266 e. The maximum Gasteiger partial charge on any atom is 0.266 e. The summed E-state index contributed by atoms with van der Waals surface area (Å²) < 4.78 is 11.2. The lowest BCUT2D eigenvalue weighted by Gasteiger charge is -2.15. The Bertz CT molecular complexity index is 891. The number of carbonyl (C=O) groups excluding carboxylic acids is 1. The molecule has 4 nitrogen and oxygen atoms in total. The molecule has 1 saturated heterocycles. The van der Waals surface area contributed by atoms with E-state index in [-0.39, 0.29) is 5.91 Å². The summed E-state index contributed by atoms with van der Waals surface area (Å²) in [5.41, 5.74) is 3.25. The van der Waals surface area contributed by atoms with E-state index in [9.17, 15) is 4.79 Å². The van der Waals surface area contributed by atoms with E-state index in [1.54, 1.807) is 19.1 Å². The number of ether oxygens (including phenoxy) is 2. The monoisotopic (exact) mass is 399 g/mol. The van der Waals surface area contributed by atoms with Gasteiger partial charge in [-0.15, -0.1) is 0 Å². The van der Waals surface area contributed by atoms with Crippen molar-refractivity contribution in [2.24, 2.45) is 0 Å². The summed E-state index contributed by atoms with van der Waals surface area (Å²) in [6.45, 7) is 2.57. The van der Waals surface area contributed by atoms with Gasteiger partial charge in [0, 0.05) is 6.54 Å². The first-order valence-corrected chi connectivity index (χ1v) is 9.77. The van der Waals surface area contributed by atoms with Crippen molar-refractivity contribution in [3.63, 3.8) is 0 Å². The Morgan fingerprint density at radius 1 is 1.07 bits per heavy atom. The quantitative estimate of drug-likeness (QED) is 0.530. The van der Waals surface area contributed by atoms with Crippen LogP contribution in [0.15, 0.2) is 47.4 Å². The summed E-state index contributed by atoms with van der Waals surface area (Å²) >= 11 is 6.77. The van der Waals surface area contributed by atoms with Gasteiger partial charge in [0.15, 0.2) is 11.5 Å². The maximum absolute atomic E-state index is 12.7. The standard InChI is InChI=1S/C21H21NO3S2/c1-14-4-6-15(7-5-14)13-19-20(23)22(21(26)27-19)11-10-16-8-9-17(24-2)18(12-16)25-3/h4-9,12-13H,10-11H2,1-3H3. The number of amides is 1. The van der Waals surface area contributed by atoms with Crippen LogP contribution in [0.25, 0.3) is 6.08 Å². The van der Waals surface area contributed by atoms with E-state index in [4.69, 9.17) is 21.7 Å². The Morgan fingerprint density at radius 3 is 2.44 bits per heavy atom. The molecule has 0 aromatic heterocycles. The highest BCUT2D eigenvalue weighted by Gasteiger charge is 2.31. The van der Waals surface area contributed by atoms with Gasteiger partial charge in [-0.25, -0.2) is 0 Å². The zero-order valence-electron chi connectivity index (χ0n) is 15.5. The molecule has 2 aromatic rings. The van der Waals surface area contributed by atoms with E-state index in [1.165, 1.54) is 17.3 Å². The second kappa shape index (κ2) is 8.59. The average Bonchev–Trinajstić information content (AvgIpc) is 2.94. The summed E-state index contributed by atoms with van der Waals surface area (Å²) in [5.74, 6) is 1.33. The van der Waals surface area contributed by atoms with Gasteiger partial charge in [-0.3, -0.25) is 9.69 Å². The molecule has 1 aliphatic heterocycles. The third-order valence-electron chi connectivity index (χ3n) is 4.32. The number of thioether (sulfide) groups is 1. The van der Waals surface area contributed by atoms with Crippen LogP contribution in [0.4, 0.5) is 0 Å². The molecule has 0 aliphatic carbocycles. The fourth-order valence-electron chi connectivity index (χ4n) is 2.78. The molecular formula is C21H21NO3S2. The van der Waals surface area contributed by atoms with Gasteiger partial charge < -0.3 is 9.47 Å². The van der Waals surface area contributed by atoms with Gasteiger partial charge >= 0.3 is 0 Å². The molecule has 3 rings (SSSR count). The summed E-state index contributed by atoms with van der Waals surface area (Å²) in [7, 11) is 3.22. The molecule has 1 amide bonds. The van der Waals surface area contributed by atoms with Crippen molar-refractivity contribution in [3.8, 4) is 11.5 Å². The number of methoxy groups -OCH3 is 2. The second-order valence-electron chi connectivity index (χ2n) is 6.18. The van der Waals surface area contributed by atoms with Gasteiger partial charge in [-0.1, -0.05) is 59.9 Å². The van der Waals surface area contributed by atoms with E-state index in [0.29, 0.717) is 33.7 Å². The number of hydrogen-bond acceptors (Lipinski definition) is 5. The largest absolute Gasteiger partial charge is 0.493 e. The van der Waals surface area contributed by atoms with Gasteiger partial charge in [0.2, 0.25) is 0 Å². The van der Waals surface area contributed by atoms with Crippen LogP contribution in [-0.2, 0) is 11.2 Å². The molecule has 0 spiro atoms. The van der Waals surface area contributed by atoms with Gasteiger partial charge in [0.1, 0.15) is 4.32 Å². The molecule has 6 heteroatoms. The van der Waals surface area contributed by atoms with Gasteiger partial charge in [0.25, 0.3) is 5.91 Å². The van der Waals surface area contributed by atoms with Gasteiger partial charge in [-0.05, 0) is 42.7 Å². The Hall–Kier alpha value is -2.31. The van der Waals surface area contributed by atoms with Crippen molar-refractivity contribution < 1.29 is 14.3 Å². The first kappa shape index (κ1) is 19.5. The molecule has 0 unspecified atom stereocenters. The minimum absolute atomic E-state index is 0.0361. The SMILES string of the molecule is COc1ccc(CCN2C(=O)C(=Cc3ccc(C)cc3)SC2=S)cc1OC. The van der Waals surface area contributed by atoms with Gasteiger partial charge in [0.05, 0.1) is 19.1 Å². The van der Waals surface area contributed by atoms with Crippen molar-refractivity contribution in [1.82, 2.24) is 4.90 Å². The molecule has 27 heavy (non-hydrogen) atoms. The maximum atomic E-state index is 12.7. The molecule has 1 heterocycles. The van der Waals surface area contributed by atoms with Crippen molar-refractivity contribution in [3.05, 3.63) is 64.1 Å². The van der Waals surface area contributed by atoms with E-state index in [0.717, 1.165) is 11.1 Å². The molecule has 0 atom stereocenters. The van der Waals surface area contributed by atoms with Crippen LogP contribution < -0.4 is 9.47 Å². The molecule has 0 radical (unpaired) electrons. The lowest BCUT2D eigenvalue weighted by molar-refractivity contribution is -0.122. The number of thiocarbonyl (C=S) groups is 1. The number of carbonyl (C=O) groups is 1. The molecular weight excluding hydrogens is 378 g/mol. The van der Waals surface area contributed by atoms with Gasteiger partial charge in [-0.2, -0.15) is 0 Å². The highest BCUT2D eigenvalue weighted by Crippen LogP contribution is 2.33. The van der Waals surface area contributed by atoms with Crippen LogP contribution in [-0.4, -0.2) is 35.9 Å². The van der Waals surface area contributed by atoms with Crippen LogP contribution in [0.5, 0.6) is 11.5 Å². The van der Waals surface area contributed by atoms with Crippen LogP contribution >= 0.6 is 24.0 Å². The van der Waals surface area contributed by atoms with Crippen LogP contribution in [0, 0.1) is 6.92 Å². The Morgan fingerprint density at radius 2 is 1.78 bits per heavy atom. The minimum Gasteiger partial charge on any atom is -0.493 e. The molecule has 140 valence electrons. The normalized spacial score (nSPS) is 15.5. The molecule has 1 fully saturated rings. The molecule has 0 bridgehead atoms. The molecule has 1 aliphatic rings. The number of benzene rings is 2. The predicted octanol–water partition coefficient (Wildman–Crippen LogP) is 4.46. The van der Waals surface area contributed by atoms with Crippen molar-refractivity contribution in [2.45, 2.75) is 13.3 Å². The van der Waals surface area contributed by atoms with E-state index in [2.05, 4.69) is 0 Å². The predicted molar refractivity (Wildman–Crippen MR) is 114 cm³/mol. The van der Waals surface area contributed by atoms with Crippen molar-refractivity contribution in [2.75, 3.05) is 20.8 Å². The Labute approximate surface area is 169 Å². The topological polar surface area (TPSA) is 38.8 Å². The number of hydrogen-bond donors (Lipinski definition) is 0. The van der Waals surface area contributed by atoms with Crippen LogP contribution in [0.2, 0.25) is 0 Å². The number of nitrogens with zero attached hydrogens (tertiary/aromatic N) is 1. The first-order valence-electron chi connectivity index (χ1n) is 8.54. The van der Waals surface area contributed by atoms with Crippen molar-refractivity contribution in [1.29, 1.82) is 0 Å². The lowest BCUT2D eigenvalue weighted by Crippen LogP contribution is -2.30. The average molecular weight is 400 g/mol. The summed E-state index contributed by atoms with van der Waals surface area (Å²) in [5, 5.41) is 0. The Kier molecular flexibility index (Phi) is 6.19. The molecule has 0 N–H and O–H groups in total. The molecule has 0 saturated carbocycles. The third-order valence-corrected chi connectivity index (χ3v) is 5.70. The number of rotatable bonds is 6. The summed E-state index contributed by atoms with van der Waals surface area (Å²) in [6.07, 6.45) is 2.58. The van der Waals surface area contributed by atoms with E-state index < -0.39 is 0 Å². The van der Waals surface area contributed by atoms with E-state index in [1.807, 2.05) is 55.5 Å². The Balaban J connectivity index is 1.70. The third kappa shape index (κ3) is 4.51. The first-order chi connectivity index (χ1) is 13.0. The lowest BCUT2D eigenvalue weighted by atomic mass is 10.1. The minimum atomic E-state index is -0.0361. The van der Waals surface area contributed by atoms with Crippen LogP contribution in [0.3, 0.4) is 0 Å². The fourth-order valence-corrected chi connectivity index (χ4v) is 4.09. The van der Waals surface area contributed by atoms with Crippen LogP contribution in [0.1, 0.15) is 16.7 Å². The highest BCUT2D eigenvalue weighted by atomic mass is 32.2. The fraction of sp³-hybridized carbons (Fsp3) is 0.238. The zero-order chi connectivity index (χ0) is 19.4. The second-order valence-corrected chi connectivity index (χ2v) is 7.86.